The average molecular weight is 378 g/mol. The first-order valence-electron chi connectivity index (χ1n) is 8.60. The van der Waals surface area contributed by atoms with Gasteiger partial charge in [0.25, 0.3) is 5.91 Å². The lowest BCUT2D eigenvalue weighted by molar-refractivity contribution is 0.0933. The molecule has 1 aliphatic rings. The number of benzene rings is 1. The van der Waals surface area contributed by atoms with E-state index in [1.165, 1.54) is 12.1 Å². The molecular formula is C17H22N4O4S. The Bertz CT molecular complexity index is 890. The summed E-state index contributed by atoms with van der Waals surface area (Å²) in [7, 11) is -3.62. The highest BCUT2D eigenvalue weighted by molar-refractivity contribution is 7.89. The first-order chi connectivity index (χ1) is 12.4. The number of carbonyl (C=O) groups is 1. The van der Waals surface area contributed by atoms with Crippen LogP contribution in [0.4, 0.5) is 0 Å². The molecule has 1 atom stereocenters. The number of amides is 1. The smallest absolute Gasteiger partial charge is 0.251 e. The number of hydrogen-bond donors (Lipinski definition) is 2. The Labute approximate surface area is 152 Å². The zero-order chi connectivity index (χ0) is 18.7. The number of sulfonamides is 1. The van der Waals surface area contributed by atoms with E-state index in [1.54, 1.807) is 19.1 Å². The third-order valence-corrected chi connectivity index (χ3v) is 5.66. The van der Waals surface area contributed by atoms with E-state index >= 15 is 0 Å². The maximum atomic E-state index is 12.5. The molecule has 1 saturated carbocycles. The number of nitrogens with zero attached hydrogens (tertiary/aromatic N) is 2. The van der Waals surface area contributed by atoms with Gasteiger partial charge in [-0.2, -0.15) is 4.98 Å². The van der Waals surface area contributed by atoms with Crippen molar-refractivity contribution < 1.29 is 17.7 Å². The maximum absolute atomic E-state index is 12.5. The van der Waals surface area contributed by atoms with E-state index in [2.05, 4.69) is 20.2 Å². The van der Waals surface area contributed by atoms with Gasteiger partial charge in [-0.25, -0.2) is 13.1 Å². The molecule has 1 aromatic heterocycles. The molecule has 1 amide bonds. The van der Waals surface area contributed by atoms with E-state index in [-0.39, 0.29) is 10.5 Å². The minimum absolute atomic E-state index is 0.0780. The molecule has 1 heterocycles. The van der Waals surface area contributed by atoms with Crippen LogP contribution in [-0.2, 0) is 10.0 Å². The molecular weight excluding hydrogens is 356 g/mol. The fourth-order valence-electron chi connectivity index (χ4n) is 2.48. The minimum atomic E-state index is -3.62. The number of aromatic nitrogens is 2. The highest BCUT2D eigenvalue weighted by Crippen LogP contribution is 2.28. The highest BCUT2D eigenvalue weighted by Gasteiger charge is 2.25. The maximum Gasteiger partial charge on any atom is 0.251 e. The summed E-state index contributed by atoms with van der Waals surface area (Å²) in [6.07, 6.45) is 2.68. The molecule has 1 unspecified atom stereocenters. The summed E-state index contributed by atoms with van der Waals surface area (Å²) in [5, 5.41) is 6.64. The zero-order valence-electron chi connectivity index (χ0n) is 14.7. The highest BCUT2D eigenvalue weighted by atomic mass is 32.2. The Morgan fingerprint density at radius 3 is 2.77 bits per heavy atom. The molecule has 1 fully saturated rings. The lowest BCUT2D eigenvalue weighted by Gasteiger charge is -2.14. The normalized spacial score (nSPS) is 15.6. The van der Waals surface area contributed by atoms with Gasteiger partial charge in [0, 0.05) is 19.0 Å². The molecule has 0 saturated heterocycles. The molecule has 140 valence electrons. The molecule has 1 aliphatic carbocycles. The quantitative estimate of drug-likeness (QED) is 0.726. The van der Waals surface area contributed by atoms with Crippen molar-refractivity contribution in [1.29, 1.82) is 0 Å². The van der Waals surface area contributed by atoms with Gasteiger partial charge in [-0.1, -0.05) is 18.1 Å². The SMILES string of the molecule is CCC(NC(=O)c1cccc(S(=O)(=O)NCC2CC2)c1)c1noc(C)n1. The first kappa shape index (κ1) is 18.5. The van der Waals surface area contributed by atoms with E-state index in [0.717, 1.165) is 12.8 Å². The summed E-state index contributed by atoms with van der Waals surface area (Å²) >= 11 is 0. The van der Waals surface area contributed by atoms with E-state index in [1.807, 2.05) is 6.92 Å². The van der Waals surface area contributed by atoms with Gasteiger partial charge < -0.3 is 9.84 Å². The zero-order valence-corrected chi connectivity index (χ0v) is 15.5. The van der Waals surface area contributed by atoms with Crippen LogP contribution in [0.2, 0.25) is 0 Å². The number of hydrogen-bond acceptors (Lipinski definition) is 6. The van der Waals surface area contributed by atoms with Gasteiger partial charge in [-0.05, 0) is 43.4 Å². The predicted octanol–water partition coefficient (Wildman–Crippen LogP) is 1.95. The van der Waals surface area contributed by atoms with E-state index < -0.39 is 22.0 Å². The van der Waals surface area contributed by atoms with Gasteiger partial charge in [-0.15, -0.1) is 0 Å². The topological polar surface area (TPSA) is 114 Å². The van der Waals surface area contributed by atoms with Crippen molar-refractivity contribution in [3.8, 4) is 0 Å². The van der Waals surface area contributed by atoms with E-state index in [4.69, 9.17) is 4.52 Å². The molecule has 9 heteroatoms. The number of aryl methyl sites for hydroxylation is 1. The largest absolute Gasteiger partial charge is 0.342 e. The third-order valence-electron chi connectivity index (χ3n) is 4.23. The Kier molecular flexibility index (Phi) is 5.38. The molecule has 26 heavy (non-hydrogen) atoms. The summed E-state index contributed by atoms with van der Waals surface area (Å²) in [5.41, 5.74) is 0.262. The Balaban J connectivity index is 1.72. The average Bonchev–Trinajstić information content (AvgIpc) is 3.37. The van der Waals surface area contributed by atoms with Crippen LogP contribution >= 0.6 is 0 Å². The molecule has 0 aliphatic heterocycles. The first-order valence-corrected chi connectivity index (χ1v) is 10.1. The van der Waals surface area contributed by atoms with Crippen molar-refractivity contribution in [1.82, 2.24) is 20.2 Å². The van der Waals surface area contributed by atoms with Crippen LogP contribution in [0, 0.1) is 12.8 Å². The molecule has 3 rings (SSSR count). The van der Waals surface area contributed by atoms with Crippen LogP contribution in [0.15, 0.2) is 33.7 Å². The summed E-state index contributed by atoms with van der Waals surface area (Å²) in [6.45, 7) is 4.00. The molecule has 2 N–H and O–H groups in total. The van der Waals surface area contributed by atoms with E-state index in [0.29, 0.717) is 30.6 Å². The summed E-state index contributed by atoms with van der Waals surface area (Å²) in [5.74, 6) is 0.856. The minimum Gasteiger partial charge on any atom is -0.342 e. The molecule has 8 nitrogen and oxygen atoms in total. The summed E-state index contributed by atoms with van der Waals surface area (Å²) < 4.78 is 32.3. The predicted molar refractivity (Wildman–Crippen MR) is 93.9 cm³/mol. The van der Waals surface area contributed by atoms with Gasteiger partial charge in [0.15, 0.2) is 5.82 Å². The van der Waals surface area contributed by atoms with Crippen LogP contribution in [0.5, 0.6) is 0 Å². The lowest BCUT2D eigenvalue weighted by Crippen LogP contribution is -2.29. The summed E-state index contributed by atoms with van der Waals surface area (Å²) in [4.78, 5) is 16.7. The van der Waals surface area contributed by atoms with Crippen LogP contribution in [0.3, 0.4) is 0 Å². The van der Waals surface area contributed by atoms with Crippen molar-refractivity contribution in [2.24, 2.45) is 5.92 Å². The number of carbonyl (C=O) groups excluding carboxylic acids is 1. The monoisotopic (exact) mass is 378 g/mol. The van der Waals surface area contributed by atoms with Crippen LogP contribution in [-0.4, -0.2) is 31.0 Å². The lowest BCUT2D eigenvalue weighted by atomic mass is 10.1. The van der Waals surface area contributed by atoms with Crippen LogP contribution < -0.4 is 10.0 Å². The van der Waals surface area contributed by atoms with Gasteiger partial charge in [0.05, 0.1) is 10.9 Å². The van der Waals surface area contributed by atoms with E-state index in [9.17, 15) is 13.2 Å². The fraction of sp³-hybridized carbons (Fsp3) is 0.471. The van der Waals surface area contributed by atoms with Gasteiger partial charge in [-0.3, -0.25) is 4.79 Å². The molecule has 1 aromatic carbocycles. The molecule has 0 radical (unpaired) electrons. The van der Waals surface area contributed by atoms with Gasteiger partial charge in [0.2, 0.25) is 15.9 Å². The van der Waals surface area contributed by atoms with Gasteiger partial charge in [0.1, 0.15) is 0 Å². The van der Waals surface area contributed by atoms with Gasteiger partial charge >= 0.3 is 0 Å². The Hall–Kier alpha value is -2.26. The van der Waals surface area contributed by atoms with Crippen molar-refractivity contribution in [2.75, 3.05) is 6.54 Å². The number of rotatable bonds is 8. The van der Waals surface area contributed by atoms with Crippen LogP contribution in [0.25, 0.3) is 0 Å². The molecule has 2 aromatic rings. The molecule has 0 spiro atoms. The second kappa shape index (κ2) is 7.55. The second-order valence-corrected chi connectivity index (χ2v) is 8.20. The van der Waals surface area contributed by atoms with Crippen molar-refractivity contribution in [2.45, 2.75) is 44.0 Å². The Morgan fingerprint density at radius 1 is 1.38 bits per heavy atom. The van der Waals surface area contributed by atoms with Crippen molar-refractivity contribution in [3.05, 3.63) is 41.5 Å². The second-order valence-electron chi connectivity index (χ2n) is 6.43. The Morgan fingerprint density at radius 2 is 2.15 bits per heavy atom. The fourth-order valence-corrected chi connectivity index (χ4v) is 3.65. The summed E-state index contributed by atoms with van der Waals surface area (Å²) in [6, 6.07) is 5.57. The number of nitrogens with one attached hydrogen (secondary N) is 2. The molecule has 0 bridgehead atoms. The van der Waals surface area contributed by atoms with Crippen molar-refractivity contribution >= 4 is 15.9 Å². The van der Waals surface area contributed by atoms with Crippen LogP contribution in [0.1, 0.15) is 54.3 Å². The van der Waals surface area contributed by atoms with Crippen molar-refractivity contribution in [3.63, 3.8) is 0 Å². The standard InChI is InChI=1S/C17H22N4O4S/c1-3-15(16-19-11(2)25-21-16)20-17(22)13-5-4-6-14(9-13)26(23,24)18-10-12-7-8-12/h4-6,9,12,15,18H,3,7-8,10H2,1-2H3,(H,20,22). The third kappa shape index (κ3) is 4.47.